The van der Waals surface area contributed by atoms with Crippen LogP contribution in [0.25, 0.3) is 0 Å². The van der Waals surface area contributed by atoms with Crippen molar-refractivity contribution in [2.75, 3.05) is 6.54 Å². The summed E-state index contributed by atoms with van der Waals surface area (Å²) in [5, 5.41) is 15.3. The zero-order valence-corrected chi connectivity index (χ0v) is 12.4. The number of hydrogen-bond acceptors (Lipinski definition) is 2. The average Bonchev–Trinajstić information content (AvgIpc) is 2.31. The van der Waals surface area contributed by atoms with Crippen molar-refractivity contribution >= 4 is 12.0 Å². The SMILES string of the molecule is CC1CCCC(C)C1(NC(=O)NCC1CCC1)C(=O)O. The van der Waals surface area contributed by atoms with Crippen LogP contribution in [-0.4, -0.2) is 29.2 Å². The number of amides is 2. The maximum Gasteiger partial charge on any atom is 0.330 e. The molecule has 5 heteroatoms. The van der Waals surface area contributed by atoms with Gasteiger partial charge in [0.2, 0.25) is 0 Å². The predicted molar refractivity (Wildman–Crippen MR) is 76.4 cm³/mol. The summed E-state index contributed by atoms with van der Waals surface area (Å²) < 4.78 is 0. The van der Waals surface area contributed by atoms with Crippen LogP contribution >= 0.6 is 0 Å². The van der Waals surface area contributed by atoms with E-state index in [0.29, 0.717) is 12.5 Å². The topological polar surface area (TPSA) is 78.4 Å². The smallest absolute Gasteiger partial charge is 0.330 e. The number of carbonyl (C=O) groups is 2. The van der Waals surface area contributed by atoms with Crippen molar-refractivity contribution in [3.8, 4) is 0 Å². The highest BCUT2D eigenvalue weighted by Crippen LogP contribution is 2.38. The van der Waals surface area contributed by atoms with Crippen molar-refractivity contribution in [3.05, 3.63) is 0 Å². The summed E-state index contributed by atoms with van der Waals surface area (Å²) in [5.74, 6) is -0.421. The number of rotatable bonds is 4. The number of carbonyl (C=O) groups excluding carboxylic acids is 1. The van der Waals surface area contributed by atoms with Gasteiger partial charge in [-0.2, -0.15) is 0 Å². The monoisotopic (exact) mass is 282 g/mol. The largest absolute Gasteiger partial charge is 0.479 e. The third-order valence-corrected chi connectivity index (χ3v) is 5.28. The molecule has 0 saturated heterocycles. The summed E-state index contributed by atoms with van der Waals surface area (Å²) in [5.41, 5.74) is -1.12. The highest BCUT2D eigenvalue weighted by atomic mass is 16.4. The lowest BCUT2D eigenvalue weighted by Gasteiger charge is -2.44. The van der Waals surface area contributed by atoms with Gasteiger partial charge in [0.15, 0.2) is 0 Å². The highest BCUT2D eigenvalue weighted by Gasteiger charge is 2.51. The van der Waals surface area contributed by atoms with Gasteiger partial charge in [-0.05, 0) is 43.4 Å². The molecule has 114 valence electrons. The molecule has 2 fully saturated rings. The summed E-state index contributed by atoms with van der Waals surface area (Å²) in [4.78, 5) is 23.9. The Labute approximate surface area is 120 Å². The summed E-state index contributed by atoms with van der Waals surface area (Å²) in [6, 6.07) is -0.333. The van der Waals surface area contributed by atoms with E-state index in [9.17, 15) is 14.7 Å². The number of urea groups is 1. The summed E-state index contributed by atoms with van der Waals surface area (Å²) in [6.07, 6.45) is 6.29. The Morgan fingerprint density at radius 3 is 2.10 bits per heavy atom. The molecule has 2 aliphatic carbocycles. The molecule has 0 radical (unpaired) electrons. The Bertz CT molecular complexity index is 369. The average molecular weight is 282 g/mol. The predicted octanol–water partition coefficient (Wildman–Crippen LogP) is 2.37. The Morgan fingerprint density at radius 1 is 1.10 bits per heavy atom. The van der Waals surface area contributed by atoms with E-state index >= 15 is 0 Å². The van der Waals surface area contributed by atoms with Crippen molar-refractivity contribution in [2.24, 2.45) is 17.8 Å². The van der Waals surface area contributed by atoms with E-state index in [1.807, 2.05) is 13.8 Å². The lowest BCUT2D eigenvalue weighted by Crippen LogP contribution is -2.65. The van der Waals surface area contributed by atoms with Gasteiger partial charge in [0.1, 0.15) is 5.54 Å². The van der Waals surface area contributed by atoms with Crippen LogP contribution in [0.5, 0.6) is 0 Å². The molecule has 0 aromatic rings. The van der Waals surface area contributed by atoms with Crippen LogP contribution in [-0.2, 0) is 4.79 Å². The van der Waals surface area contributed by atoms with Crippen LogP contribution in [0, 0.1) is 17.8 Å². The molecule has 0 spiro atoms. The molecule has 2 unspecified atom stereocenters. The van der Waals surface area contributed by atoms with Gasteiger partial charge in [0.05, 0.1) is 0 Å². The molecule has 20 heavy (non-hydrogen) atoms. The second kappa shape index (κ2) is 6.02. The first-order valence-electron chi connectivity index (χ1n) is 7.76. The molecule has 2 saturated carbocycles. The molecule has 0 aromatic carbocycles. The van der Waals surface area contributed by atoms with E-state index in [1.165, 1.54) is 6.42 Å². The summed E-state index contributed by atoms with van der Waals surface area (Å²) in [7, 11) is 0. The van der Waals surface area contributed by atoms with Crippen molar-refractivity contribution in [2.45, 2.75) is 57.9 Å². The molecule has 2 atom stereocenters. The van der Waals surface area contributed by atoms with Gasteiger partial charge in [-0.25, -0.2) is 9.59 Å². The quantitative estimate of drug-likeness (QED) is 0.740. The second-order valence-corrected chi connectivity index (χ2v) is 6.54. The first-order chi connectivity index (χ1) is 9.46. The Morgan fingerprint density at radius 2 is 1.65 bits per heavy atom. The zero-order chi connectivity index (χ0) is 14.8. The van der Waals surface area contributed by atoms with Crippen molar-refractivity contribution < 1.29 is 14.7 Å². The fraction of sp³-hybridized carbons (Fsp3) is 0.867. The minimum atomic E-state index is -1.12. The molecule has 0 bridgehead atoms. The van der Waals surface area contributed by atoms with E-state index in [2.05, 4.69) is 10.6 Å². The van der Waals surface area contributed by atoms with Gasteiger partial charge in [-0.1, -0.05) is 26.7 Å². The highest BCUT2D eigenvalue weighted by molar-refractivity contribution is 5.87. The van der Waals surface area contributed by atoms with Crippen molar-refractivity contribution in [1.29, 1.82) is 0 Å². The normalized spacial score (nSPS) is 34.1. The Kier molecular flexibility index (Phi) is 4.55. The van der Waals surface area contributed by atoms with Crippen LogP contribution < -0.4 is 10.6 Å². The van der Waals surface area contributed by atoms with E-state index < -0.39 is 11.5 Å². The van der Waals surface area contributed by atoms with E-state index in [1.54, 1.807) is 0 Å². The van der Waals surface area contributed by atoms with E-state index in [4.69, 9.17) is 0 Å². The van der Waals surface area contributed by atoms with Crippen LogP contribution in [0.15, 0.2) is 0 Å². The van der Waals surface area contributed by atoms with Crippen molar-refractivity contribution in [3.63, 3.8) is 0 Å². The standard InChI is InChI=1S/C15H26N2O3/c1-10-5-3-6-11(2)15(10,13(18)19)17-14(20)16-9-12-7-4-8-12/h10-12H,3-9H2,1-2H3,(H,18,19)(H2,16,17,20). The van der Waals surface area contributed by atoms with Crippen LogP contribution in [0.4, 0.5) is 4.79 Å². The van der Waals surface area contributed by atoms with Crippen LogP contribution in [0.1, 0.15) is 52.4 Å². The molecule has 0 aliphatic heterocycles. The van der Waals surface area contributed by atoms with Crippen molar-refractivity contribution in [1.82, 2.24) is 10.6 Å². The third kappa shape index (κ3) is 2.76. The fourth-order valence-corrected chi connectivity index (χ4v) is 3.56. The lowest BCUT2D eigenvalue weighted by atomic mass is 9.67. The van der Waals surface area contributed by atoms with E-state index in [-0.39, 0.29) is 17.9 Å². The summed E-state index contributed by atoms with van der Waals surface area (Å²) >= 11 is 0. The Hall–Kier alpha value is -1.26. The number of carboxylic acid groups (broad SMARTS) is 1. The zero-order valence-electron chi connectivity index (χ0n) is 12.4. The van der Waals surface area contributed by atoms with Gasteiger partial charge in [0, 0.05) is 6.54 Å². The minimum Gasteiger partial charge on any atom is -0.479 e. The minimum absolute atomic E-state index is 0.0433. The summed E-state index contributed by atoms with van der Waals surface area (Å²) in [6.45, 7) is 4.51. The van der Waals surface area contributed by atoms with Gasteiger partial charge in [-0.3, -0.25) is 0 Å². The maximum atomic E-state index is 12.1. The lowest BCUT2D eigenvalue weighted by molar-refractivity contribution is -0.151. The Balaban J connectivity index is 1.99. The first-order valence-corrected chi connectivity index (χ1v) is 7.76. The first kappa shape index (κ1) is 15.1. The number of aliphatic carboxylic acids is 1. The van der Waals surface area contributed by atoms with Gasteiger partial charge < -0.3 is 15.7 Å². The second-order valence-electron chi connectivity index (χ2n) is 6.54. The molecule has 2 aliphatic rings. The van der Waals surface area contributed by atoms with Gasteiger partial charge in [-0.15, -0.1) is 0 Å². The molecule has 0 aromatic heterocycles. The van der Waals surface area contributed by atoms with E-state index in [0.717, 1.165) is 32.1 Å². The fourth-order valence-electron chi connectivity index (χ4n) is 3.56. The number of nitrogens with one attached hydrogen (secondary N) is 2. The molecule has 3 N–H and O–H groups in total. The molecular formula is C15H26N2O3. The maximum absolute atomic E-state index is 12.1. The van der Waals surface area contributed by atoms with Crippen LogP contribution in [0.3, 0.4) is 0 Å². The third-order valence-electron chi connectivity index (χ3n) is 5.28. The van der Waals surface area contributed by atoms with Gasteiger partial charge in [0.25, 0.3) is 0 Å². The van der Waals surface area contributed by atoms with Gasteiger partial charge >= 0.3 is 12.0 Å². The molecular weight excluding hydrogens is 256 g/mol. The molecule has 5 nitrogen and oxygen atoms in total. The number of carboxylic acids is 1. The number of hydrogen-bond donors (Lipinski definition) is 3. The molecule has 2 amide bonds. The molecule has 2 rings (SSSR count). The molecule has 0 heterocycles. The van der Waals surface area contributed by atoms with Crippen LogP contribution in [0.2, 0.25) is 0 Å².